The van der Waals surface area contributed by atoms with E-state index in [0.717, 1.165) is 6.42 Å². The second-order valence-electron chi connectivity index (χ2n) is 5.81. The van der Waals surface area contributed by atoms with Gasteiger partial charge in [-0.1, -0.05) is 34.1 Å². The number of hydrogen-bond acceptors (Lipinski definition) is 4. The molecule has 0 saturated carbocycles. The molecule has 0 aliphatic rings. The van der Waals surface area contributed by atoms with Crippen LogP contribution in [0, 0.1) is 11.8 Å². The second-order valence-corrected chi connectivity index (χ2v) is 5.81. The summed E-state index contributed by atoms with van der Waals surface area (Å²) in [5.74, 6) is 0.333. The van der Waals surface area contributed by atoms with Gasteiger partial charge < -0.3 is 21.3 Å². The predicted molar refractivity (Wildman–Crippen MR) is 83.8 cm³/mol. The second kappa shape index (κ2) is 11.3. The summed E-state index contributed by atoms with van der Waals surface area (Å²) in [6, 6.07) is -0.645. The minimum absolute atomic E-state index is 0. The third-order valence-corrected chi connectivity index (χ3v) is 3.51. The van der Waals surface area contributed by atoms with Crippen molar-refractivity contribution in [2.75, 3.05) is 6.61 Å². The fourth-order valence-corrected chi connectivity index (χ4v) is 1.96. The molecule has 6 heteroatoms. The van der Waals surface area contributed by atoms with E-state index in [2.05, 4.69) is 5.32 Å². The van der Waals surface area contributed by atoms with E-state index >= 15 is 0 Å². The molecule has 5 nitrogen and oxygen atoms in total. The minimum Gasteiger partial charge on any atom is -0.394 e. The van der Waals surface area contributed by atoms with Crippen molar-refractivity contribution in [1.82, 2.24) is 5.32 Å². The first-order chi connectivity index (χ1) is 8.81. The van der Waals surface area contributed by atoms with E-state index in [-0.39, 0.29) is 49.3 Å². The van der Waals surface area contributed by atoms with Gasteiger partial charge in [-0.3, -0.25) is 4.79 Å². The molecule has 0 aromatic rings. The highest BCUT2D eigenvalue weighted by Crippen LogP contribution is 2.10. The summed E-state index contributed by atoms with van der Waals surface area (Å²) < 4.78 is 0. The monoisotopic (exact) mass is 310 g/mol. The van der Waals surface area contributed by atoms with E-state index in [1.165, 1.54) is 0 Å². The van der Waals surface area contributed by atoms with Crippen LogP contribution < -0.4 is 11.1 Å². The number of nitrogens with one attached hydrogen (secondary N) is 1. The van der Waals surface area contributed by atoms with E-state index in [9.17, 15) is 15.0 Å². The first kappa shape index (κ1) is 21.9. The van der Waals surface area contributed by atoms with Crippen LogP contribution >= 0.6 is 12.4 Å². The van der Waals surface area contributed by atoms with Crippen LogP contribution in [0.4, 0.5) is 0 Å². The molecule has 0 aromatic carbocycles. The number of amides is 1. The largest absolute Gasteiger partial charge is 0.394 e. The number of halogens is 1. The quantitative estimate of drug-likeness (QED) is 0.512. The third kappa shape index (κ3) is 8.74. The van der Waals surface area contributed by atoms with Gasteiger partial charge in [-0.15, -0.1) is 12.4 Å². The zero-order chi connectivity index (χ0) is 15.0. The van der Waals surface area contributed by atoms with Gasteiger partial charge in [0, 0.05) is 6.04 Å². The van der Waals surface area contributed by atoms with Gasteiger partial charge in [0.25, 0.3) is 0 Å². The zero-order valence-corrected chi connectivity index (χ0v) is 13.8. The molecular formula is C14H31ClN2O3. The van der Waals surface area contributed by atoms with Crippen molar-refractivity contribution in [3.05, 3.63) is 0 Å². The number of aliphatic hydroxyl groups excluding tert-OH is 2. The average molecular weight is 311 g/mol. The first-order valence-corrected chi connectivity index (χ1v) is 7.15. The summed E-state index contributed by atoms with van der Waals surface area (Å²) in [4.78, 5) is 11.8. The molecule has 0 aliphatic carbocycles. The van der Waals surface area contributed by atoms with Crippen LogP contribution in [0.1, 0.15) is 47.0 Å². The standard InChI is InChI=1S/C14H30N2O3.ClH/c1-5-10(4)12(8-17)16-14(19)7-13(18)11(15)6-9(2)3;/h9-13,17-18H,5-8,15H2,1-4H3,(H,16,19);1H/t10?,11?,12-,13?;/m1./s1. The molecule has 3 unspecified atom stereocenters. The predicted octanol–water partition coefficient (Wildman–Crippen LogP) is 1.06. The van der Waals surface area contributed by atoms with Crippen LogP contribution in [-0.2, 0) is 4.79 Å². The topological polar surface area (TPSA) is 95.6 Å². The Morgan fingerprint density at radius 3 is 2.25 bits per heavy atom. The van der Waals surface area contributed by atoms with Crippen LogP contribution in [-0.4, -0.2) is 40.9 Å². The lowest BCUT2D eigenvalue weighted by Crippen LogP contribution is -2.45. The SMILES string of the molecule is CCC(C)[C@@H](CO)NC(=O)CC(O)C(N)CC(C)C.Cl. The lowest BCUT2D eigenvalue weighted by molar-refractivity contribution is -0.124. The van der Waals surface area contributed by atoms with Crippen molar-refractivity contribution in [2.24, 2.45) is 17.6 Å². The number of carbonyl (C=O) groups is 1. The Morgan fingerprint density at radius 1 is 1.30 bits per heavy atom. The smallest absolute Gasteiger partial charge is 0.222 e. The fourth-order valence-electron chi connectivity index (χ4n) is 1.96. The van der Waals surface area contributed by atoms with Gasteiger partial charge in [0.05, 0.1) is 25.2 Å². The van der Waals surface area contributed by atoms with Crippen molar-refractivity contribution in [3.8, 4) is 0 Å². The third-order valence-electron chi connectivity index (χ3n) is 3.51. The summed E-state index contributed by atoms with van der Waals surface area (Å²) in [5, 5.41) is 21.9. The van der Waals surface area contributed by atoms with E-state index in [4.69, 9.17) is 5.73 Å². The molecule has 4 atom stereocenters. The summed E-state index contributed by atoms with van der Waals surface area (Å²) in [7, 11) is 0. The molecule has 0 bridgehead atoms. The molecule has 0 aromatic heterocycles. The summed E-state index contributed by atoms with van der Waals surface area (Å²) in [5.41, 5.74) is 5.84. The van der Waals surface area contributed by atoms with Gasteiger partial charge in [-0.2, -0.15) is 0 Å². The maximum Gasteiger partial charge on any atom is 0.222 e. The van der Waals surface area contributed by atoms with Gasteiger partial charge in [-0.05, 0) is 18.3 Å². The highest BCUT2D eigenvalue weighted by molar-refractivity contribution is 5.85. The Kier molecular flexibility index (Phi) is 12.4. The fraction of sp³-hybridized carbons (Fsp3) is 0.929. The Balaban J connectivity index is 0. The molecule has 0 heterocycles. The van der Waals surface area contributed by atoms with Crippen molar-refractivity contribution in [3.63, 3.8) is 0 Å². The molecule has 122 valence electrons. The summed E-state index contributed by atoms with van der Waals surface area (Å²) in [6.07, 6.45) is 0.712. The maximum atomic E-state index is 11.8. The molecule has 1 amide bonds. The highest BCUT2D eigenvalue weighted by atomic mass is 35.5. The first-order valence-electron chi connectivity index (χ1n) is 7.15. The average Bonchev–Trinajstić information content (AvgIpc) is 2.33. The van der Waals surface area contributed by atoms with E-state index in [1.54, 1.807) is 0 Å². The highest BCUT2D eigenvalue weighted by Gasteiger charge is 2.22. The van der Waals surface area contributed by atoms with Gasteiger partial charge in [-0.25, -0.2) is 0 Å². The summed E-state index contributed by atoms with van der Waals surface area (Å²) in [6.45, 7) is 7.94. The van der Waals surface area contributed by atoms with Crippen LogP contribution in [0.2, 0.25) is 0 Å². The van der Waals surface area contributed by atoms with E-state index in [0.29, 0.717) is 12.3 Å². The summed E-state index contributed by atoms with van der Waals surface area (Å²) >= 11 is 0. The molecule has 0 rings (SSSR count). The van der Waals surface area contributed by atoms with Gasteiger partial charge in [0.1, 0.15) is 0 Å². The molecule has 0 spiro atoms. The number of carbonyl (C=O) groups excluding carboxylic acids is 1. The van der Waals surface area contributed by atoms with E-state index < -0.39 is 6.10 Å². The van der Waals surface area contributed by atoms with Crippen LogP contribution in [0.3, 0.4) is 0 Å². The lowest BCUT2D eigenvalue weighted by Gasteiger charge is -2.24. The van der Waals surface area contributed by atoms with Crippen LogP contribution in [0.25, 0.3) is 0 Å². The molecular weight excluding hydrogens is 280 g/mol. The Hall–Kier alpha value is -0.360. The molecule has 20 heavy (non-hydrogen) atoms. The normalized spacial score (nSPS) is 17.0. The van der Waals surface area contributed by atoms with Crippen LogP contribution in [0.5, 0.6) is 0 Å². The Bertz CT molecular complexity index is 265. The Morgan fingerprint density at radius 2 is 1.85 bits per heavy atom. The molecule has 0 saturated heterocycles. The van der Waals surface area contributed by atoms with Gasteiger partial charge in [0.2, 0.25) is 5.91 Å². The van der Waals surface area contributed by atoms with Gasteiger partial charge >= 0.3 is 0 Å². The van der Waals surface area contributed by atoms with Crippen LogP contribution in [0.15, 0.2) is 0 Å². The number of hydrogen-bond donors (Lipinski definition) is 4. The zero-order valence-electron chi connectivity index (χ0n) is 13.0. The Labute approximate surface area is 128 Å². The van der Waals surface area contributed by atoms with Crippen molar-refractivity contribution in [2.45, 2.75) is 65.1 Å². The molecule has 5 N–H and O–H groups in total. The van der Waals surface area contributed by atoms with Gasteiger partial charge in [0.15, 0.2) is 0 Å². The lowest BCUT2D eigenvalue weighted by atomic mass is 9.97. The van der Waals surface area contributed by atoms with Crippen molar-refractivity contribution < 1.29 is 15.0 Å². The number of nitrogens with two attached hydrogens (primary N) is 1. The maximum absolute atomic E-state index is 11.8. The molecule has 0 radical (unpaired) electrons. The van der Waals surface area contributed by atoms with E-state index in [1.807, 2.05) is 27.7 Å². The van der Waals surface area contributed by atoms with Crippen molar-refractivity contribution in [1.29, 1.82) is 0 Å². The molecule has 0 fully saturated rings. The number of aliphatic hydroxyl groups is 2. The minimum atomic E-state index is -0.835. The number of rotatable bonds is 9. The molecule has 0 aliphatic heterocycles. The van der Waals surface area contributed by atoms with Crippen molar-refractivity contribution >= 4 is 18.3 Å².